The van der Waals surface area contributed by atoms with Gasteiger partial charge in [0.1, 0.15) is 5.60 Å². The summed E-state index contributed by atoms with van der Waals surface area (Å²) < 4.78 is 11.5. The predicted molar refractivity (Wildman–Crippen MR) is 81.5 cm³/mol. The molecule has 0 spiro atoms. The van der Waals surface area contributed by atoms with Gasteiger partial charge in [0.2, 0.25) is 0 Å². The third-order valence-electron chi connectivity index (χ3n) is 3.10. The Balaban J connectivity index is 2.48. The van der Waals surface area contributed by atoms with Gasteiger partial charge in [-0.25, -0.2) is 0 Å². The lowest BCUT2D eigenvalue weighted by atomic mass is 10.1. The Morgan fingerprint density at radius 1 is 1.30 bits per heavy atom. The smallest absolute Gasteiger partial charge is 0.106 e. The van der Waals surface area contributed by atoms with Gasteiger partial charge in [-0.05, 0) is 18.9 Å². The lowest BCUT2D eigenvalue weighted by Crippen LogP contribution is -2.34. The average molecular weight is 276 g/mol. The van der Waals surface area contributed by atoms with Gasteiger partial charge in [-0.1, -0.05) is 42.5 Å². The van der Waals surface area contributed by atoms with Crippen LogP contribution in [0.4, 0.5) is 0 Å². The molecule has 1 N–H and O–H groups in total. The number of rotatable bonds is 10. The van der Waals surface area contributed by atoms with Gasteiger partial charge < -0.3 is 14.6 Å². The van der Waals surface area contributed by atoms with Crippen molar-refractivity contribution in [1.29, 1.82) is 0 Å². The van der Waals surface area contributed by atoms with E-state index in [1.807, 2.05) is 36.4 Å². The van der Waals surface area contributed by atoms with Gasteiger partial charge in [0, 0.05) is 0 Å². The highest BCUT2D eigenvalue weighted by Crippen LogP contribution is 2.14. The molecule has 0 fully saturated rings. The van der Waals surface area contributed by atoms with E-state index in [2.05, 4.69) is 13.2 Å². The van der Waals surface area contributed by atoms with Crippen molar-refractivity contribution in [1.82, 2.24) is 0 Å². The molecule has 20 heavy (non-hydrogen) atoms. The van der Waals surface area contributed by atoms with Gasteiger partial charge in [-0.15, -0.1) is 13.2 Å². The summed E-state index contributed by atoms with van der Waals surface area (Å²) in [5.41, 5.74) is 0.394. The first-order valence-electron chi connectivity index (χ1n) is 6.78. The number of benzene rings is 1. The lowest BCUT2D eigenvalue weighted by Gasteiger charge is -2.26. The van der Waals surface area contributed by atoms with Gasteiger partial charge in [-0.3, -0.25) is 0 Å². The van der Waals surface area contributed by atoms with Crippen LogP contribution in [-0.2, 0) is 16.1 Å². The third-order valence-corrected chi connectivity index (χ3v) is 3.10. The zero-order chi connectivity index (χ0) is 14.8. The Morgan fingerprint density at radius 3 is 2.55 bits per heavy atom. The van der Waals surface area contributed by atoms with Crippen LogP contribution in [0.1, 0.15) is 18.9 Å². The monoisotopic (exact) mass is 276 g/mol. The molecule has 1 unspecified atom stereocenters. The molecule has 3 heteroatoms. The van der Waals surface area contributed by atoms with Crippen LogP contribution in [0, 0.1) is 0 Å². The van der Waals surface area contributed by atoms with Gasteiger partial charge in [-0.2, -0.15) is 0 Å². The molecular weight excluding hydrogens is 252 g/mol. The molecule has 3 nitrogen and oxygen atoms in total. The Bertz CT molecular complexity index is 402. The van der Waals surface area contributed by atoms with Gasteiger partial charge in [0.25, 0.3) is 0 Å². The molecule has 0 aliphatic rings. The molecule has 0 aromatic heterocycles. The number of hydrogen-bond donors (Lipinski definition) is 1. The van der Waals surface area contributed by atoms with Crippen LogP contribution in [0.25, 0.3) is 0 Å². The third kappa shape index (κ3) is 5.70. The number of aliphatic hydroxyl groups excluding tert-OH is 1. The van der Waals surface area contributed by atoms with Crippen LogP contribution in [0.15, 0.2) is 55.6 Å². The van der Waals surface area contributed by atoms with Crippen LogP contribution in [0.2, 0.25) is 0 Å². The van der Waals surface area contributed by atoms with Gasteiger partial charge in [0.05, 0.1) is 25.9 Å². The molecule has 0 saturated heterocycles. The Labute approximate surface area is 121 Å². The summed E-state index contributed by atoms with van der Waals surface area (Å²) in [5.74, 6) is 0. The summed E-state index contributed by atoms with van der Waals surface area (Å²) in [6.45, 7) is 10.0. The fourth-order valence-corrected chi connectivity index (χ4v) is 1.61. The second-order valence-corrected chi connectivity index (χ2v) is 4.93. The van der Waals surface area contributed by atoms with E-state index in [9.17, 15) is 5.11 Å². The fraction of sp³-hybridized carbons (Fsp3) is 0.412. The molecule has 0 bridgehead atoms. The topological polar surface area (TPSA) is 38.7 Å². The minimum Gasteiger partial charge on any atom is -0.393 e. The average Bonchev–Trinajstić information content (AvgIpc) is 2.50. The quantitative estimate of drug-likeness (QED) is 0.667. The number of hydrogen-bond acceptors (Lipinski definition) is 3. The van der Waals surface area contributed by atoms with Crippen molar-refractivity contribution in [2.75, 3.05) is 13.2 Å². The summed E-state index contributed by atoms with van der Waals surface area (Å²) in [5, 5.41) is 9.28. The van der Waals surface area contributed by atoms with Crippen molar-refractivity contribution in [3.63, 3.8) is 0 Å². The van der Waals surface area contributed by atoms with Crippen molar-refractivity contribution in [2.24, 2.45) is 0 Å². The Hall–Kier alpha value is -1.42. The zero-order valence-corrected chi connectivity index (χ0v) is 12.1. The molecular formula is C17H24O3. The highest BCUT2D eigenvalue weighted by Gasteiger charge is 2.21. The standard InChI is InChI=1S/C17H24O3/c1-4-9-16(13-20-17(3,5-2)14-18)19-12-15-10-7-6-8-11-15/h4-8,10-11,16,18H,1-2,9,12-14H2,3H3/t16?,17-/m1/s1. The van der Waals surface area contributed by atoms with E-state index < -0.39 is 5.60 Å². The largest absolute Gasteiger partial charge is 0.393 e. The van der Waals surface area contributed by atoms with E-state index in [0.29, 0.717) is 19.6 Å². The van der Waals surface area contributed by atoms with E-state index in [1.165, 1.54) is 0 Å². The SMILES string of the molecule is C=CCC(CO[C@](C)(C=C)CO)OCc1ccccc1. The van der Waals surface area contributed by atoms with E-state index in [0.717, 1.165) is 5.56 Å². The highest BCUT2D eigenvalue weighted by molar-refractivity contribution is 5.13. The minimum absolute atomic E-state index is 0.0847. The van der Waals surface area contributed by atoms with Crippen LogP contribution < -0.4 is 0 Å². The summed E-state index contributed by atoms with van der Waals surface area (Å²) in [6.07, 6.45) is 4.03. The maximum atomic E-state index is 9.28. The molecule has 2 atom stereocenters. The molecule has 1 aromatic carbocycles. The molecule has 0 heterocycles. The molecule has 1 aromatic rings. The zero-order valence-electron chi connectivity index (χ0n) is 12.1. The molecule has 110 valence electrons. The van der Waals surface area contributed by atoms with Crippen molar-refractivity contribution < 1.29 is 14.6 Å². The van der Waals surface area contributed by atoms with E-state index in [1.54, 1.807) is 13.0 Å². The van der Waals surface area contributed by atoms with Crippen molar-refractivity contribution in [3.05, 3.63) is 61.2 Å². The second kappa shape index (κ2) is 8.69. The summed E-state index contributed by atoms with van der Waals surface area (Å²) in [7, 11) is 0. The van der Waals surface area contributed by atoms with Crippen LogP contribution in [0.3, 0.4) is 0 Å². The predicted octanol–water partition coefficient (Wildman–Crippen LogP) is 3.10. The Kier molecular flexibility index (Phi) is 7.23. The molecule has 0 amide bonds. The summed E-state index contributed by atoms with van der Waals surface area (Å²) >= 11 is 0. The van der Waals surface area contributed by atoms with Crippen LogP contribution >= 0.6 is 0 Å². The second-order valence-electron chi connectivity index (χ2n) is 4.93. The molecule has 0 radical (unpaired) electrons. The lowest BCUT2D eigenvalue weighted by molar-refractivity contribution is -0.0878. The van der Waals surface area contributed by atoms with E-state index in [4.69, 9.17) is 9.47 Å². The first kappa shape index (κ1) is 16.6. The van der Waals surface area contributed by atoms with E-state index in [-0.39, 0.29) is 12.7 Å². The van der Waals surface area contributed by atoms with Gasteiger partial charge >= 0.3 is 0 Å². The number of ether oxygens (including phenoxy) is 2. The van der Waals surface area contributed by atoms with Crippen molar-refractivity contribution in [2.45, 2.75) is 31.7 Å². The maximum absolute atomic E-state index is 9.28. The first-order valence-corrected chi connectivity index (χ1v) is 6.78. The molecule has 0 saturated carbocycles. The summed E-state index contributed by atoms with van der Waals surface area (Å²) in [6, 6.07) is 9.99. The van der Waals surface area contributed by atoms with Crippen molar-refractivity contribution in [3.8, 4) is 0 Å². The van der Waals surface area contributed by atoms with E-state index >= 15 is 0 Å². The number of aliphatic hydroxyl groups is 1. The highest BCUT2D eigenvalue weighted by atomic mass is 16.5. The fourth-order valence-electron chi connectivity index (χ4n) is 1.61. The van der Waals surface area contributed by atoms with Crippen molar-refractivity contribution >= 4 is 0 Å². The first-order chi connectivity index (χ1) is 9.63. The summed E-state index contributed by atoms with van der Waals surface area (Å²) in [4.78, 5) is 0. The minimum atomic E-state index is -0.727. The maximum Gasteiger partial charge on any atom is 0.106 e. The molecule has 1 rings (SSSR count). The molecule has 0 aliphatic carbocycles. The van der Waals surface area contributed by atoms with Crippen LogP contribution in [-0.4, -0.2) is 30.0 Å². The molecule has 0 aliphatic heterocycles. The normalized spacial score (nSPS) is 15.3. The Morgan fingerprint density at radius 2 is 2.00 bits per heavy atom. The van der Waals surface area contributed by atoms with Crippen LogP contribution in [0.5, 0.6) is 0 Å². The van der Waals surface area contributed by atoms with Gasteiger partial charge in [0.15, 0.2) is 0 Å².